The van der Waals surface area contributed by atoms with Gasteiger partial charge in [0.2, 0.25) is 0 Å². The summed E-state index contributed by atoms with van der Waals surface area (Å²) in [5.74, 6) is 0.940. The number of esters is 1. The number of carbonyl (C=O) groups is 1. The number of aromatic nitrogens is 2. The van der Waals surface area contributed by atoms with E-state index in [1.54, 1.807) is 0 Å². The summed E-state index contributed by atoms with van der Waals surface area (Å²) < 4.78 is 9.90. The van der Waals surface area contributed by atoms with Crippen LogP contribution in [0.5, 0.6) is 0 Å². The number of hydrogen-bond donors (Lipinski definition) is 1. The Hall–Kier alpha value is -2.14. The van der Waals surface area contributed by atoms with Crippen LogP contribution < -0.4 is 4.57 Å². The summed E-state index contributed by atoms with van der Waals surface area (Å²) in [6.45, 7) is 5.13. The van der Waals surface area contributed by atoms with Crippen LogP contribution in [0, 0.1) is 5.92 Å². The summed E-state index contributed by atoms with van der Waals surface area (Å²) in [5.41, 5.74) is -0.930. The van der Waals surface area contributed by atoms with Crippen LogP contribution >= 0.6 is 0 Å². The maximum Gasteiger partial charge on any atom is 0.343 e. The minimum absolute atomic E-state index is 0.101. The summed E-state index contributed by atoms with van der Waals surface area (Å²) in [7, 11) is 2.03. The number of benzene rings is 1. The highest BCUT2D eigenvalue weighted by molar-refractivity contribution is 5.81. The molecule has 0 amide bonds. The van der Waals surface area contributed by atoms with Crippen LogP contribution in [-0.4, -0.2) is 22.2 Å². The average Bonchev–Trinajstić information content (AvgIpc) is 2.91. The third-order valence-electron chi connectivity index (χ3n) is 6.18. The topological polar surface area (TPSA) is 55.3 Å². The molecule has 0 radical (unpaired) electrons. The van der Waals surface area contributed by atoms with E-state index in [2.05, 4.69) is 23.0 Å². The van der Waals surface area contributed by atoms with E-state index in [1.165, 1.54) is 18.7 Å². The molecule has 1 aliphatic carbocycles. The van der Waals surface area contributed by atoms with E-state index in [1.807, 2.05) is 49.8 Å². The van der Waals surface area contributed by atoms with Crippen molar-refractivity contribution in [3.63, 3.8) is 0 Å². The molecule has 1 aromatic heterocycles. The molecule has 3 rings (SSSR count). The first-order valence-electron chi connectivity index (χ1n) is 10.9. The van der Waals surface area contributed by atoms with Crippen molar-refractivity contribution in [2.45, 2.75) is 70.4 Å². The zero-order valence-electron chi connectivity index (χ0n) is 18.0. The summed E-state index contributed by atoms with van der Waals surface area (Å²) in [5, 5.41) is 11.7. The third-order valence-corrected chi connectivity index (χ3v) is 6.18. The molecule has 158 valence electrons. The number of imidazole rings is 1. The third kappa shape index (κ3) is 4.72. The minimum Gasteiger partial charge on any atom is -0.459 e. The van der Waals surface area contributed by atoms with Gasteiger partial charge in [-0.3, -0.25) is 0 Å². The molecule has 1 heterocycles. The zero-order chi connectivity index (χ0) is 20.9. The number of aliphatic hydroxyl groups is 1. The maximum absolute atomic E-state index is 13.2. The summed E-state index contributed by atoms with van der Waals surface area (Å²) >= 11 is 0. The van der Waals surface area contributed by atoms with E-state index in [-0.39, 0.29) is 12.5 Å². The quantitative estimate of drug-likeness (QED) is 0.437. The Balaban J connectivity index is 1.75. The molecule has 1 fully saturated rings. The van der Waals surface area contributed by atoms with Gasteiger partial charge in [0, 0.05) is 5.92 Å². The molecule has 0 bridgehead atoms. The van der Waals surface area contributed by atoms with Crippen molar-refractivity contribution in [1.29, 1.82) is 0 Å². The number of hydrogen-bond acceptors (Lipinski definition) is 3. The molecule has 0 saturated heterocycles. The van der Waals surface area contributed by atoms with E-state index < -0.39 is 11.6 Å². The number of rotatable bonds is 7. The minimum atomic E-state index is -1.58. The highest BCUT2D eigenvalue weighted by Crippen LogP contribution is 2.39. The van der Waals surface area contributed by atoms with Crippen LogP contribution in [0.25, 0.3) is 0 Å². The standard InChI is InChI=1S/C24H35N2O3/c1-19(2)22-25(3)15-16-26(22)17-18-29-23(27)24(28,21-13-9-6-10-14-21)20-11-7-4-5-8-12-20/h6,9-10,13-16,19-20,28H,4-5,7-8,11-12,17-18H2,1-3H3/q+1. The Labute approximate surface area is 174 Å². The van der Waals surface area contributed by atoms with Gasteiger partial charge in [-0.1, -0.05) is 69.9 Å². The first kappa shape index (κ1) is 21.6. The molecule has 1 aliphatic rings. The first-order valence-corrected chi connectivity index (χ1v) is 10.9. The normalized spacial score (nSPS) is 17.7. The fourth-order valence-corrected chi connectivity index (χ4v) is 4.72. The lowest BCUT2D eigenvalue weighted by Crippen LogP contribution is -2.44. The van der Waals surface area contributed by atoms with E-state index in [4.69, 9.17) is 4.74 Å². The molecule has 2 aromatic rings. The van der Waals surface area contributed by atoms with Gasteiger partial charge in [-0.25, -0.2) is 13.9 Å². The van der Waals surface area contributed by atoms with Gasteiger partial charge in [-0.05, 0) is 18.4 Å². The molecule has 1 atom stereocenters. The van der Waals surface area contributed by atoms with Crippen molar-refractivity contribution in [2.75, 3.05) is 6.61 Å². The maximum atomic E-state index is 13.2. The predicted molar refractivity (Wildman–Crippen MR) is 112 cm³/mol. The lowest BCUT2D eigenvalue weighted by atomic mass is 9.77. The van der Waals surface area contributed by atoms with Gasteiger partial charge in [-0.15, -0.1) is 0 Å². The molecule has 0 aliphatic heterocycles. The predicted octanol–water partition coefficient (Wildman–Crippen LogP) is 3.84. The first-order chi connectivity index (χ1) is 13.9. The number of aryl methyl sites for hydroxylation is 1. The SMILES string of the molecule is CC(C)c1n(CCOC(=O)C(O)(c2ccccc2)C2CCCCCC2)cc[n+]1C. The van der Waals surface area contributed by atoms with E-state index in [0.717, 1.165) is 25.7 Å². The highest BCUT2D eigenvalue weighted by Gasteiger charge is 2.46. The van der Waals surface area contributed by atoms with Crippen molar-refractivity contribution in [1.82, 2.24) is 4.57 Å². The van der Waals surface area contributed by atoms with Gasteiger partial charge < -0.3 is 9.84 Å². The van der Waals surface area contributed by atoms with Crippen molar-refractivity contribution in [3.05, 3.63) is 54.1 Å². The van der Waals surface area contributed by atoms with E-state index >= 15 is 0 Å². The Morgan fingerprint density at radius 1 is 1.21 bits per heavy atom. The molecular formula is C24H35N2O3+. The summed E-state index contributed by atoms with van der Waals surface area (Å²) in [4.78, 5) is 13.2. The Morgan fingerprint density at radius 2 is 1.86 bits per heavy atom. The van der Waals surface area contributed by atoms with Gasteiger partial charge >= 0.3 is 5.97 Å². The fraction of sp³-hybridized carbons (Fsp3) is 0.583. The van der Waals surface area contributed by atoms with Crippen LogP contribution in [-0.2, 0) is 28.7 Å². The Bertz CT molecular complexity index is 792. The fourth-order valence-electron chi connectivity index (χ4n) is 4.72. The molecule has 5 heteroatoms. The van der Waals surface area contributed by atoms with Crippen LogP contribution in [0.2, 0.25) is 0 Å². The van der Waals surface area contributed by atoms with Gasteiger partial charge in [0.25, 0.3) is 5.82 Å². The van der Waals surface area contributed by atoms with Gasteiger partial charge in [0.1, 0.15) is 25.5 Å². The van der Waals surface area contributed by atoms with Gasteiger partial charge in [-0.2, -0.15) is 0 Å². The average molecular weight is 400 g/mol. The second-order valence-corrected chi connectivity index (χ2v) is 8.57. The van der Waals surface area contributed by atoms with Crippen LogP contribution in [0.4, 0.5) is 0 Å². The monoisotopic (exact) mass is 399 g/mol. The summed E-state index contributed by atoms with van der Waals surface area (Å²) in [6, 6.07) is 9.34. The van der Waals surface area contributed by atoms with Crippen LogP contribution in [0.3, 0.4) is 0 Å². The largest absolute Gasteiger partial charge is 0.459 e. The van der Waals surface area contributed by atoms with Crippen LogP contribution in [0.1, 0.15) is 69.7 Å². The smallest absolute Gasteiger partial charge is 0.343 e. The Kier molecular flexibility index (Phi) is 7.12. The van der Waals surface area contributed by atoms with E-state index in [0.29, 0.717) is 18.0 Å². The molecule has 1 unspecified atom stereocenters. The second-order valence-electron chi connectivity index (χ2n) is 8.57. The molecule has 1 aromatic carbocycles. The van der Waals surface area contributed by atoms with Crippen molar-refractivity contribution < 1.29 is 19.2 Å². The number of ether oxygens (including phenoxy) is 1. The molecule has 1 saturated carbocycles. The summed E-state index contributed by atoms with van der Waals surface area (Å²) in [6.07, 6.45) is 10.2. The van der Waals surface area contributed by atoms with Gasteiger partial charge in [0.05, 0.1) is 13.0 Å². The molecule has 1 N–H and O–H groups in total. The van der Waals surface area contributed by atoms with Crippen molar-refractivity contribution in [2.24, 2.45) is 13.0 Å². The lowest BCUT2D eigenvalue weighted by Gasteiger charge is -2.34. The van der Waals surface area contributed by atoms with Crippen molar-refractivity contribution in [3.8, 4) is 0 Å². The van der Waals surface area contributed by atoms with E-state index in [9.17, 15) is 9.90 Å². The molecule has 5 nitrogen and oxygen atoms in total. The Morgan fingerprint density at radius 3 is 2.48 bits per heavy atom. The molecular weight excluding hydrogens is 364 g/mol. The van der Waals surface area contributed by atoms with Crippen molar-refractivity contribution >= 4 is 5.97 Å². The molecule has 29 heavy (non-hydrogen) atoms. The number of carbonyl (C=O) groups excluding carboxylic acids is 1. The second kappa shape index (κ2) is 9.57. The van der Waals surface area contributed by atoms with Gasteiger partial charge in [0.15, 0.2) is 5.60 Å². The zero-order valence-corrected chi connectivity index (χ0v) is 18.0. The lowest BCUT2D eigenvalue weighted by molar-refractivity contribution is -0.680. The molecule has 0 spiro atoms. The van der Waals surface area contributed by atoms with Crippen LogP contribution in [0.15, 0.2) is 42.7 Å². The highest BCUT2D eigenvalue weighted by atomic mass is 16.5. The number of nitrogens with zero attached hydrogens (tertiary/aromatic N) is 2.